The molecule has 0 fully saturated rings. The summed E-state index contributed by atoms with van der Waals surface area (Å²) < 4.78 is 4.57. The molecular formula is C9H8O2. The summed E-state index contributed by atoms with van der Waals surface area (Å²) in [4.78, 5) is 9.83. The van der Waals surface area contributed by atoms with Crippen LogP contribution in [0.2, 0.25) is 0 Å². The van der Waals surface area contributed by atoms with Crippen LogP contribution in [0.5, 0.6) is 0 Å². The normalized spacial score (nSPS) is 14.0. The lowest BCUT2D eigenvalue weighted by molar-refractivity contribution is -0.127. The topological polar surface area (TPSA) is 26.3 Å². The Morgan fingerprint density at radius 3 is 3.27 bits per heavy atom. The maximum Gasteiger partial charge on any atom is 0.293 e. The van der Waals surface area contributed by atoms with Gasteiger partial charge in [0.2, 0.25) is 0 Å². The van der Waals surface area contributed by atoms with Gasteiger partial charge in [0.25, 0.3) is 6.47 Å². The van der Waals surface area contributed by atoms with Crippen molar-refractivity contribution in [2.75, 3.05) is 6.61 Å². The second-order valence-corrected chi connectivity index (χ2v) is 2.01. The minimum Gasteiger partial charge on any atom is -0.463 e. The molecule has 0 N–H and O–H groups in total. The van der Waals surface area contributed by atoms with Gasteiger partial charge >= 0.3 is 0 Å². The van der Waals surface area contributed by atoms with Crippen LogP contribution in [0, 0.1) is 0 Å². The van der Waals surface area contributed by atoms with Crippen LogP contribution in [0.3, 0.4) is 0 Å². The van der Waals surface area contributed by atoms with Gasteiger partial charge in [-0.15, -0.1) is 5.73 Å². The van der Waals surface area contributed by atoms with E-state index in [0.717, 1.165) is 5.57 Å². The van der Waals surface area contributed by atoms with E-state index in [9.17, 15) is 4.79 Å². The molecule has 0 radical (unpaired) electrons. The largest absolute Gasteiger partial charge is 0.463 e. The van der Waals surface area contributed by atoms with Gasteiger partial charge in [0.15, 0.2) is 0 Å². The maximum atomic E-state index is 9.83. The first kappa shape index (κ1) is 7.58. The molecule has 0 atom stereocenters. The van der Waals surface area contributed by atoms with Crippen LogP contribution in [0.1, 0.15) is 0 Å². The summed E-state index contributed by atoms with van der Waals surface area (Å²) in [5.41, 5.74) is 3.85. The second-order valence-electron chi connectivity index (χ2n) is 2.01. The Bertz CT molecular complexity index is 253. The van der Waals surface area contributed by atoms with Gasteiger partial charge in [-0.2, -0.15) is 0 Å². The lowest BCUT2D eigenvalue weighted by atomic mass is 10.2. The van der Waals surface area contributed by atoms with Crippen LogP contribution < -0.4 is 0 Å². The molecule has 0 unspecified atom stereocenters. The van der Waals surface area contributed by atoms with Crippen molar-refractivity contribution in [3.8, 4) is 0 Å². The summed E-state index contributed by atoms with van der Waals surface area (Å²) in [5, 5.41) is 0. The fraction of sp³-hybridized carbons (Fsp3) is 0.111. The van der Waals surface area contributed by atoms with Gasteiger partial charge in [-0.25, -0.2) is 0 Å². The number of rotatable bonds is 3. The molecule has 0 bridgehead atoms. The molecule has 0 heterocycles. The van der Waals surface area contributed by atoms with Crippen molar-refractivity contribution in [2.24, 2.45) is 0 Å². The van der Waals surface area contributed by atoms with Gasteiger partial charge < -0.3 is 4.74 Å². The summed E-state index contributed by atoms with van der Waals surface area (Å²) in [6, 6.07) is 0. The van der Waals surface area contributed by atoms with E-state index in [-0.39, 0.29) is 0 Å². The molecule has 0 saturated heterocycles. The van der Waals surface area contributed by atoms with E-state index < -0.39 is 0 Å². The Hall–Kier alpha value is -1.53. The minimum absolute atomic E-state index is 0.325. The fourth-order valence-corrected chi connectivity index (χ4v) is 0.720. The van der Waals surface area contributed by atoms with E-state index >= 15 is 0 Å². The lowest BCUT2D eigenvalue weighted by Gasteiger charge is -1.96. The van der Waals surface area contributed by atoms with Crippen molar-refractivity contribution in [1.82, 2.24) is 0 Å². The summed E-state index contributed by atoms with van der Waals surface area (Å²) in [7, 11) is 0. The zero-order valence-corrected chi connectivity index (χ0v) is 5.99. The van der Waals surface area contributed by atoms with E-state index in [2.05, 4.69) is 10.5 Å². The number of carbonyl (C=O) groups excluding carboxylic acids is 1. The number of ether oxygens (including phenoxy) is 1. The monoisotopic (exact) mass is 148 g/mol. The predicted octanol–water partition coefficient (Wildman–Crippen LogP) is 1.37. The second kappa shape index (κ2) is 4.31. The van der Waals surface area contributed by atoms with Crippen molar-refractivity contribution in [1.29, 1.82) is 0 Å². The van der Waals surface area contributed by atoms with Crippen LogP contribution >= 0.6 is 0 Å². The van der Waals surface area contributed by atoms with Crippen molar-refractivity contribution in [3.63, 3.8) is 0 Å². The number of hydrogen-bond donors (Lipinski definition) is 0. The standard InChI is InChI=1S/C9H8O2/c10-8-11-7-9-5-3-1-2-4-6-9/h1,3-6,8H,7H2. The third-order valence-electron chi connectivity index (χ3n) is 1.21. The van der Waals surface area contributed by atoms with Crippen LogP contribution in [0.25, 0.3) is 0 Å². The van der Waals surface area contributed by atoms with Crippen molar-refractivity contribution in [2.45, 2.75) is 0 Å². The van der Waals surface area contributed by atoms with Gasteiger partial charge in [0.1, 0.15) is 6.61 Å². The van der Waals surface area contributed by atoms with E-state index in [0.29, 0.717) is 13.1 Å². The Labute approximate surface area is 65.2 Å². The number of allylic oxidation sites excluding steroid dienone is 3. The Kier molecular flexibility index (Phi) is 2.97. The molecule has 1 aliphatic carbocycles. The molecule has 0 aromatic carbocycles. The SMILES string of the molecule is O=COCC1=CC=C=CC=C1. The Morgan fingerprint density at radius 1 is 1.55 bits per heavy atom. The van der Waals surface area contributed by atoms with E-state index in [4.69, 9.17) is 0 Å². The average molecular weight is 148 g/mol. The minimum atomic E-state index is 0.325. The predicted molar refractivity (Wildman–Crippen MR) is 41.9 cm³/mol. The van der Waals surface area contributed by atoms with Gasteiger partial charge in [0, 0.05) is 0 Å². The highest BCUT2D eigenvalue weighted by Crippen LogP contribution is 2.00. The Morgan fingerprint density at radius 2 is 2.45 bits per heavy atom. The quantitative estimate of drug-likeness (QED) is 0.446. The molecule has 0 saturated carbocycles. The van der Waals surface area contributed by atoms with Gasteiger partial charge in [-0.05, 0) is 23.8 Å². The molecule has 0 aromatic rings. The van der Waals surface area contributed by atoms with Crippen molar-refractivity contribution in [3.05, 3.63) is 41.7 Å². The molecule has 2 nitrogen and oxygen atoms in total. The van der Waals surface area contributed by atoms with Crippen molar-refractivity contribution >= 4 is 6.47 Å². The summed E-state index contributed by atoms with van der Waals surface area (Å²) >= 11 is 0. The first-order valence-corrected chi connectivity index (χ1v) is 3.27. The number of carbonyl (C=O) groups is 1. The molecule has 2 heteroatoms. The molecule has 56 valence electrons. The molecule has 0 aliphatic heterocycles. The molecule has 1 aliphatic rings. The average Bonchev–Trinajstić information content (AvgIpc) is 2.28. The van der Waals surface area contributed by atoms with Crippen molar-refractivity contribution < 1.29 is 9.53 Å². The molecule has 11 heavy (non-hydrogen) atoms. The molecule has 0 spiro atoms. The van der Waals surface area contributed by atoms with Crippen LogP contribution in [-0.4, -0.2) is 13.1 Å². The zero-order chi connectivity index (χ0) is 7.94. The molecular weight excluding hydrogens is 140 g/mol. The highest BCUT2D eigenvalue weighted by molar-refractivity contribution is 5.39. The highest BCUT2D eigenvalue weighted by atomic mass is 16.5. The lowest BCUT2D eigenvalue weighted by Crippen LogP contribution is -1.92. The van der Waals surface area contributed by atoms with E-state index in [1.165, 1.54) is 0 Å². The van der Waals surface area contributed by atoms with E-state index in [1.54, 1.807) is 12.2 Å². The summed E-state index contributed by atoms with van der Waals surface area (Å²) in [5.74, 6) is 0. The first-order valence-electron chi connectivity index (χ1n) is 3.27. The first-order chi connectivity index (χ1) is 5.43. The van der Waals surface area contributed by atoms with Gasteiger partial charge in [-0.1, -0.05) is 12.2 Å². The van der Waals surface area contributed by atoms with E-state index in [1.807, 2.05) is 18.2 Å². The molecule has 1 rings (SSSR count). The van der Waals surface area contributed by atoms with Crippen LogP contribution in [-0.2, 0) is 9.53 Å². The number of hydrogen-bond acceptors (Lipinski definition) is 2. The zero-order valence-electron chi connectivity index (χ0n) is 5.99. The van der Waals surface area contributed by atoms with Crippen LogP contribution in [0.4, 0.5) is 0 Å². The maximum absolute atomic E-state index is 9.83. The van der Waals surface area contributed by atoms with Gasteiger partial charge in [-0.3, -0.25) is 4.79 Å². The third-order valence-corrected chi connectivity index (χ3v) is 1.21. The highest BCUT2D eigenvalue weighted by Gasteiger charge is 1.90. The Balaban J connectivity index is 2.53. The van der Waals surface area contributed by atoms with Gasteiger partial charge in [0.05, 0.1) is 0 Å². The third kappa shape index (κ3) is 2.70. The smallest absolute Gasteiger partial charge is 0.293 e. The summed E-state index contributed by atoms with van der Waals surface area (Å²) in [6.45, 7) is 0.767. The molecule has 0 aromatic heterocycles. The fourth-order valence-electron chi connectivity index (χ4n) is 0.720. The summed E-state index contributed by atoms with van der Waals surface area (Å²) in [6.07, 6.45) is 9.15. The van der Waals surface area contributed by atoms with Crippen LogP contribution in [0.15, 0.2) is 41.7 Å². The molecule has 0 amide bonds.